The standard InChI is InChI=1S/C22H20ClNO3S/c1-3-14-5-7-15(8-6-14)13-18-20(25)19(22(26)27-4-2)21(28-18)24-17-11-9-16(23)10-12-17/h5-13,25H,3-4H2,1-2H3/b18-13-,24-21?. The number of halogens is 1. The van der Waals surface area contributed by atoms with Crippen molar-refractivity contribution in [3.05, 3.63) is 80.9 Å². The maximum Gasteiger partial charge on any atom is 0.344 e. The molecule has 0 radical (unpaired) electrons. The zero-order valence-electron chi connectivity index (χ0n) is 15.6. The van der Waals surface area contributed by atoms with Crippen LogP contribution < -0.4 is 0 Å². The van der Waals surface area contributed by atoms with Crippen LogP contribution in [0.1, 0.15) is 25.0 Å². The highest BCUT2D eigenvalue weighted by atomic mass is 35.5. The van der Waals surface area contributed by atoms with Crippen LogP contribution in [0.5, 0.6) is 0 Å². The molecule has 2 aromatic carbocycles. The maximum absolute atomic E-state index is 12.4. The number of rotatable bonds is 5. The lowest BCUT2D eigenvalue weighted by molar-refractivity contribution is -0.138. The fourth-order valence-electron chi connectivity index (χ4n) is 2.63. The summed E-state index contributed by atoms with van der Waals surface area (Å²) in [6.45, 7) is 4.03. The molecule has 144 valence electrons. The molecule has 0 aliphatic carbocycles. The highest BCUT2D eigenvalue weighted by Crippen LogP contribution is 2.40. The summed E-state index contributed by atoms with van der Waals surface area (Å²) in [6, 6.07) is 15.0. The van der Waals surface area contributed by atoms with Crippen molar-refractivity contribution in [3.63, 3.8) is 0 Å². The van der Waals surface area contributed by atoms with Gasteiger partial charge in [-0.05, 0) is 54.8 Å². The zero-order chi connectivity index (χ0) is 20.1. The van der Waals surface area contributed by atoms with Gasteiger partial charge in [-0.15, -0.1) is 0 Å². The van der Waals surface area contributed by atoms with Gasteiger partial charge < -0.3 is 9.84 Å². The number of carbonyl (C=O) groups excluding carboxylic acids is 1. The second-order valence-electron chi connectivity index (χ2n) is 6.04. The molecular formula is C22H20ClNO3S. The van der Waals surface area contributed by atoms with Crippen LogP contribution in [0.4, 0.5) is 5.69 Å². The van der Waals surface area contributed by atoms with E-state index in [0.717, 1.165) is 12.0 Å². The molecule has 1 N–H and O–H groups in total. The second-order valence-corrected chi connectivity index (χ2v) is 7.51. The van der Waals surface area contributed by atoms with E-state index in [1.54, 1.807) is 31.2 Å². The number of ether oxygens (including phenoxy) is 1. The number of hydrogen-bond donors (Lipinski definition) is 1. The van der Waals surface area contributed by atoms with Gasteiger partial charge in [0.15, 0.2) is 0 Å². The van der Waals surface area contributed by atoms with Crippen molar-refractivity contribution in [2.45, 2.75) is 20.3 Å². The van der Waals surface area contributed by atoms with Gasteiger partial charge in [-0.3, -0.25) is 0 Å². The fraction of sp³-hybridized carbons (Fsp3) is 0.182. The Morgan fingerprint density at radius 3 is 2.43 bits per heavy atom. The number of aliphatic imine (C=N–C) groups is 1. The van der Waals surface area contributed by atoms with E-state index in [4.69, 9.17) is 16.3 Å². The van der Waals surface area contributed by atoms with E-state index in [1.165, 1.54) is 17.3 Å². The van der Waals surface area contributed by atoms with Gasteiger partial charge in [0.2, 0.25) is 0 Å². The Kier molecular flexibility index (Phi) is 6.60. The van der Waals surface area contributed by atoms with Crippen molar-refractivity contribution in [1.82, 2.24) is 0 Å². The van der Waals surface area contributed by atoms with E-state index in [-0.39, 0.29) is 17.9 Å². The predicted octanol–water partition coefficient (Wildman–Crippen LogP) is 6.10. The molecule has 4 nitrogen and oxygen atoms in total. The lowest BCUT2D eigenvalue weighted by Crippen LogP contribution is -2.12. The molecule has 0 spiro atoms. The van der Waals surface area contributed by atoms with Crippen LogP contribution >= 0.6 is 23.4 Å². The van der Waals surface area contributed by atoms with Crippen LogP contribution in [-0.4, -0.2) is 22.7 Å². The summed E-state index contributed by atoms with van der Waals surface area (Å²) in [4.78, 5) is 17.5. The summed E-state index contributed by atoms with van der Waals surface area (Å²) in [5.41, 5.74) is 2.88. The largest absolute Gasteiger partial charge is 0.506 e. The fourth-order valence-corrected chi connectivity index (χ4v) is 3.79. The molecule has 1 heterocycles. The third-order valence-corrected chi connectivity index (χ3v) is 5.39. The van der Waals surface area contributed by atoms with E-state index < -0.39 is 5.97 Å². The monoisotopic (exact) mass is 413 g/mol. The van der Waals surface area contributed by atoms with Crippen LogP contribution in [0.3, 0.4) is 0 Å². The molecule has 0 aromatic heterocycles. The Bertz CT molecular complexity index is 960. The van der Waals surface area contributed by atoms with Gasteiger partial charge in [0.1, 0.15) is 16.4 Å². The Balaban J connectivity index is 2.00. The van der Waals surface area contributed by atoms with Crippen molar-refractivity contribution < 1.29 is 14.6 Å². The minimum absolute atomic E-state index is 0.0817. The van der Waals surface area contributed by atoms with Crippen LogP contribution in [0.2, 0.25) is 5.02 Å². The normalized spacial score (nSPS) is 16.8. The average molecular weight is 414 g/mol. The first-order valence-electron chi connectivity index (χ1n) is 8.95. The molecule has 3 rings (SSSR count). The minimum atomic E-state index is -0.593. The van der Waals surface area contributed by atoms with Gasteiger partial charge in [-0.2, -0.15) is 0 Å². The van der Waals surface area contributed by atoms with Crippen LogP contribution in [-0.2, 0) is 16.0 Å². The number of esters is 1. The molecule has 0 amide bonds. The third-order valence-electron chi connectivity index (χ3n) is 4.11. The van der Waals surface area contributed by atoms with Crippen LogP contribution in [0, 0.1) is 0 Å². The van der Waals surface area contributed by atoms with Gasteiger partial charge in [-0.1, -0.05) is 54.6 Å². The minimum Gasteiger partial charge on any atom is -0.506 e. The first-order valence-corrected chi connectivity index (χ1v) is 10.1. The Morgan fingerprint density at radius 1 is 1.14 bits per heavy atom. The summed E-state index contributed by atoms with van der Waals surface area (Å²) < 4.78 is 5.11. The molecule has 1 aliphatic rings. The maximum atomic E-state index is 12.4. The summed E-state index contributed by atoms with van der Waals surface area (Å²) in [5.74, 6) is -0.708. The number of carbonyl (C=O) groups is 1. The van der Waals surface area contributed by atoms with Gasteiger partial charge in [-0.25, -0.2) is 9.79 Å². The van der Waals surface area contributed by atoms with Crippen LogP contribution in [0.15, 0.2) is 69.8 Å². The number of aliphatic hydroxyl groups is 1. The summed E-state index contributed by atoms with van der Waals surface area (Å²) in [6.07, 6.45) is 2.80. The molecule has 28 heavy (non-hydrogen) atoms. The molecule has 0 fully saturated rings. The second kappa shape index (κ2) is 9.13. The molecule has 2 aromatic rings. The molecule has 0 saturated heterocycles. The Morgan fingerprint density at radius 2 is 1.82 bits per heavy atom. The topological polar surface area (TPSA) is 58.9 Å². The highest BCUT2D eigenvalue weighted by molar-refractivity contribution is 8.18. The van der Waals surface area contributed by atoms with E-state index in [0.29, 0.717) is 20.7 Å². The molecule has 0 bridgehead atoms. The van der Waals surface area contributed by atoms with E-state index >= 15 is 0 Å². The average Bonchev–Trinajstić information content (AvgIpc) is 2.99. The third kappa shape index (κ3) is 4.66. The smallest absolute Gasteiger partial charge is 0.344 e. The number of aliphatic hydroxyl groups excluding tert-OH is 1. The summed E-state index contributed by atoms with van der Waals surface area (Å²) in [7, 11) is 0. The van der Waals surface area contributed by atoms with Gasteiger partial charge >= 0.3 is 5.97 Å². The van der Waals surface area contributed by atoms with E-state index in [1.807, 2.05) is 30.3 Å². The van der Waals surface area contributed by atoms with E-state index in [2.05, 4.69) is 11.9 Å². The Labute approximate surface area is 173 Å². The van der Waals surface area contributed by atoms with Crippen molar-refractivity contribution >= 4 is 46.1 Å². The molecule has 0 atom stereocenters. The summed E-state index contributed by atoms with van der Waals surface area (Å²) in [5, 5.41) is 11.7. The van der Waals surface area contributed by atoms with Crippen molar-refractivity contribution in [3.8, 4) is 0 Å². The van der Waals surface area contributed by atoms with E-state index in [9.17, 15) is 9.90 Å². The molecule has 1 aliphatic heterocycles. The van der Waals surface area contributed by atoms with Gasteiger partial charge in [0.05, 0.1) is 17.2 Å². The lowest BCUT2D eigenvalue weighted by Gasteiger charge is -2.03. The first kappa shape index (κ1) is 20.2. The van der Waals surface area contributed by atoms with Crippen molar-refractivity contribution in [2.75, 3.05) is 6.61 Å². The van der Waals surface area contributed by atoms with Gasteiger partial charge in [0.25, 0.3) is 0 Å². The summed E-state index contributed by atoms with van der Waals surface area (Å²) >= 11 is 7.16. The predicted molar refractivity (Wildman–Crippen MR) is 116 cm³/mol. The lowest BCUT2D eigenvalue weighted by atomic mass is 10.1. The van der Waals surface area contributed by atoms with Crippen LogP contribution in [0.25, 0.3) is 6.08 Å². The van der Waals surface area contributed by atoms with Crippen molar-refractivity contribution in [2.24, 2.45) is 4.99 Å². The number of benzene rings is 2. The quantitative estimate of drug-likeness (QED) is 0.602. The van der Waals surface area contributed by atoms with Crippen molar-refractivity contribution in [1.29, 1.82) is 0 Å². The molecule has 6 heteroatoms. The SMILES string of the molecule is CCOC(=O)C1=C(O)/C(=C/c2ccc(CC)cc2)SC1=Nc1ccc(Cl)cc1. The number of nitrogens with zero attached hydrogens (tertiary/aromatic N) is 1. The molecule has 0 unspecified atom stereocenters. The van der Waals surface area contributed by atoms with Gasteiger partial charge in [0, 0.05) is 5.02 Å². The first-order chi connectivity index (χ1) is 13.5. The highest BCUT2D eigenvalue weighted by Gasteiger charge is 2.33. The zero-order valence-corrected chi connectivity index (χ0v) is 17.2. The Hall–Kier alpha value is -2.50. The molecule has 0 saturated carbocycles. The number of thioether (sulfide) groups is 1. The molecular weight excluding hydrogens is 394 g/mol. The number of aryl methyl sites for hydroxylation is 1. The number of hydrogen-bond acceptors (Lipinski definition) is 5.